The highest BCUT2D eigenvalue weighted by atomic mass is 19.1. The third kappa shape index (κ3) is 6.79. The van der Waals surface area contributed by atoms with Crippen molar-refractivity contribution in [3.63, 3.8) is 0 Å². The molecule has 0 bridgehead atoms. The van der Waals surface area contributed by atoms with Crippen LogP contribution < -0.4 is 5.32 Å². The average Bonchev–Trinajstić information content (AvgIpc) is 3.31. The number of halogens is 2. The van der Waals surface area contributed by atoms with Gasteiger partial charge in [-0.15, -0.1) is 0 Å². The van der Waals surface area contributed by atoms with Crippen molar-refractivity contribution in [2.24, 2.45) is 11.8 Å². The van der Waals surface area contributed by atoms with E-state index in [1.165, 1.54) is 7.05 Å². The molecule has 2 aromatic rings. The first-order valence-corrected chi connectivity index (χ1v) is 14.3. The Labute approximate surface area is 245 Å². The van der Waals surface area contributed by atoms with Gasteiger partial charge in [0.2, 0.25) is 17.7 Å². The molecule has 1 aliphatic heterocycles. The summed E-state index contributed by atoms with van der Waals surface area (Å²) in [5, 5.41) is 2.90. The Morgan fingerprint density at radius 1 is 1.07 bits per heavy atom. The van der Waals surface area contributed by atoms with E-state index in [2.05, 4.69) is 5.32 Å². The molecular formula is C32H39F2N3O5. The van der Waals surface area contributed by atoms with Gasteiger partial charge >= 0.3 is 5.97 Å². The van der Waals surface area contributed by atoms with Crippen LogP contribution in [-0.2, 0) is 36.8 Å². The zero-order chi connectivity index (χ0) is 30.9. The molecule has 1 heterocycles. The molecule has 0 spiro atoms. The van der Waals surface area contributed by atoms with Gasteiger partial charge in [0.15, 0.2) is 0 Å². The normalized spacial score (nSPS) is 19.9. The van der Waals surface area contributed by atoms with Crippen molar-refractivity contribution >= 4 is 23.7 Å². The van der Waals surface area contributed by atoms with Crippen LogP contribution in [0.25, 0.3) is 0 Å². The number of carbonyl (C=O) groups is 4. The predicted molar refractivity (Wildman–Crippen MR) is 152 cm³/mol. The molecule has 0 aromatic heterocycles. The first kappa shape index (κ1) is 31.1. The summed E-state index contributed by atoms with van der Waals surface area (Å²) in [5.74, 6) is -4.67. The maximum Gasteiger partial charge on any atom is 0.326 e. The smallest absolute Gasteiger partial charge is 0.326 e. The van der Waals surface area contributed by atoms with E-state index in [0.29, 0.717) is 18.9 Å². The molecule has 2 aromatic carbocycles. The minimum absolute atomic E-state index is 0.0587. The molecule has 3 amide bonds. The van der Waals surface area contributed by atoms with E-state index in [1.807, 2.05) is 38.1 Å². The number of amides is 3. The van der Waals surface area contributed by atoms with Crippen LogP contribution in [0.3, 0.4) is 0 Å². The van der Waals surface area contributed by atoms with E-state index in [0.717, 1.165) is 33.1 Å². The minimum atomic E-state index is -1.62. The number of fused-ring (bicyclic) bond motifs is 1. The molecule has 2 aliphatic rings. The lowest BCUT2D eigenvalue weighted by molar-refractivity contribution is -0.163. The molecule has 226 valence electrons. The quantitative estimate of drug-likeness (QED) is 0.475. The summed E-state index contributed by atoms with van der Waals surface area (Å²) in [4.78, 5) is 57.0. The summed E-state index contributed by atoms with van der Waals surface area (Å²) in [6, 6.07) is 6.89. The van der Waals surface area contributed by atoms with Gasteiger partial charge in [-0.3, -0.25) is 19.2 Å². The largest absolute Gasteiger partial charge is 0.459 e. The molecule has 1 aliphatic carbocycles. The van der Waals surface area contributed by atoms with Gasteiger partial charge in [-0.05, 0) is 69.1 Å². The first-order chi connectivity index (χ1) is 19.7. The van der Waals surface area contributed by atoms with Gasteiger partial charge < -0.3 is 19.9 Å². The van der Waals surface area contributed by atoms with E-state index < -0.39 is 65.6 Å². The summed E-state index contributed by atoms with van der Waals surface area (Å²) in [6.07, 6.45) is 1.31. The molecule has 4 rings (SSSR count). The molecule has 1 fully saturated rings. The monoisotopic (exact) mass is 583 g/mol. The summed E-state index contributed by atoms with van der Waals surface area (Å²) < 4.78 is 34.8. The van der Waals surface area contributed by atoms with Crippen LogP contribution in [-0.4, -0.2) is 64.8 Å². The highest BCUT2D eigenvalue weighted by molar-refractivity contribution is 6.00. The van der Waals surface area contributed by atoms with Crippen molar-refractivity contribution in [3.05, 3.63) is 70.8 Å². The maximum atomic E-state index is 15.4. The van der Waals surface area contributed by atoms with Gasteiger partial charge in [-0.1, -0.05) is 44.2 Å². The summed E-state index contributed by atoms with van der Waals surface area (Å²) in [7, 11) is 1.34. The first-order valence-electron chi connectivity index (χ1n) is 14.3. The van der Waals surface area contributed by atoms with Crippen molar-refractivity contribution in [1.29, 1.82) is 0 Å². The van der Waals surface area contributed by atoms with Crippen molar-refractivity contribution in [2.45, 2.75) is 77.6 Å². The van der Waals surface area contributed by atoms with Crippen LogP contribution in [0.2, 0.25) is 0 Å². The predicted octanol–water partition coefficient (Wildman–Crippen LogP) is 3.96. The van der Waals surface area contributed by atoms with Crippen LogP contribution in [0.5, 0.6) is 0 Å². The van der Waals surface area contributed by atoms with E-state index >= 15 is 4.39 Å². The molecule has 1 N–H and O–H groups in total. The zero-order valence-corrected chi connectivity index (χ0v) is 24.9. The molecule has 8 nitrogen and oxygen atoms in total. The van der Waals surface area contributed by atoms with Crippen LogP contribution in [0, 0.1) is 23.5 Å². The second-order valence-corrected chi connectivity index (χ2v) is 12.7. The number of rotatable bonds is 8. The SMILES string of the molecule is CC(C)CC1C(=O)NC(C2Cc3ccccc3C2)C(=O)N1C(C(=O)N(C)CC(=O)OC(C)(C)C)c1ccc(F)cc1F. The highest BCUT2D eigenvalue weighted by Crippen LogP contribution is 2.36. The second-order valence-electron chi connectivity index (χ2n) is 12.7. The summed E-state index contributed by atoms with van der Waals surface area (Å²) >= 11 is 0. The maximum absolute atomic E-state index is 15.4. The number of esters is 1. The van der Waals surface area contributed by atoms with Gasteiger partial charge in [0.05, 0.1) is 0 Å². The standard InChI is InChI=1S/C32H39F2N3O5/c1-18(2)13-25-29(39)35-27(21-14-19-9-7-8-10-20(19)15-21)30(40)37(25)28(23-12-11-22(33)16-24(23)34)31(41)36(6)17-26(38)42-32(3,4)5/h7-12,16,18,21,25,27-28H,13-15,17H2,1-6H3,(H,35,39). The number of hydrogen-bond donors (Lipinski definition) is 1. The molecule has 0 saturated carbocycles. The molecule has 3 unspecified atom stereocenters. The number of hydrogen-bond acceptors (Lipinski definition) is 5. The Bertz CT molecular complexity index is 1350. The number of piperazine rings is 1. The summed E-state index contributed by atoms with van der Waals surface area (Å²) in [5.41, 5.74) is 1.09. The van der Waals surface area contributed by atoms with Gasteiger partial charge in [0, 0.05) is 18.7 Å². The van der Waals surface area contributed by atoms with Crippen LogP contribution >= 0.6 is 0 Å². The fourth-order valence-corrected chi connectivity index (χ4v) is 5.85. The molecule has 3 atom stereocenters. The third-order valence-corrected chi connectivity index (χ3v) is 7.64. The number of nitrogens with one attached hydrogen (secondary N) is 1. The van der Waals surface area contributed by atoms with Crippen molar-refractivity contribution < 1.29 is 32.7 Å². The number of benzene rings is 2. The van der Waals surface area contributed by atoms with E-state index in [9.17, 15) is 23.6 Å². The van der Waals surface area contributed by atoms with Crippen molar-refractivity contribution in [3.8, 4) is 0 Å². The lowest BCUT2D eigenvalue weighted by Crippen LogP contribution is -2.67. The lowest BCUT2D eigenvalue weighted by Gasteiger charge is -2.45. The Kier molecular flexibility index (Phi) is 9.03. The molecular weight excluding hydrogens is 544 g/mol. The Hall–Kier alpha value is -3.82. The third-order valence-electron chi connectivity index (χ3n) is 7.64. The van der Waals surface area contributed by atoms with E-state index in [1.54, 1.807) is 20.8 Å². The number of likely N-dealkylation sites (N-methyl/N-ethyl adjacent to an activating group) is 1. The van der Waals surface area contributed by atoms with E-state index in [4.69, 9.17) is 4.74 Å². The van der Waals surface area contributed by atoms with Crippen molar-refractivity contribution in [2.75, 3.05) is 13.6 Å². The van der Waals surface area contributed by atoms with Gasteiger partial charge in [0.25, 0.3) is 0 Å². The Morgan fingerprint density at radius 3 is 2.24 bits per heavy atom. The fraction of sp³-hybridized carbons (Fsp3) is 0.500. The Morgan fingerprint density at radius 2 is 1.69 bits per heavy atom. The summed E-state index contributed by atoms with van der Waals surface area (Å²) in [6.45, 7) is 8.34. The molecule has 1 saturated heterocycles. The second kappa shape index (κ2) is 12.2. The molecule has 10 heteroatoms. The van der Waals surface area contributed by atoms with Crippen molar-refractivity contribution in [1.82, 2.24) is 15.1 Å². The number of nitrogens with zero attached hydrogens (tertiary/aromatic N) is 2. The lowest BCUT2D eigenvalue weighted by atomic mass is 9.87. The number of ether oxygens (including phenoxy) is 1. The molecule has 42 heavy (non-hydrogen) atoms. The van der Waals surface area contributed by atoms with Crippen LogP contribution in [0.15, 0.2) is 42.5 Å². The Balaban J connectivity index is 1.76. The number of carbonyl (C=O) groups excluding carboxylic acids is 4. The van der Waals surface area contributed by atoms with Crippen LogP contribution in [0.4, 0.5) is 8.78 Å². The topological polar surface area (TPSA) is 96.0 Å². The van der Waals surface area contributed by atoms with Gasteiger partial charge in [0.1, 0.15) is 41.9 Å². The van der Waals surface area contributed by atoms with Gasteiger partial charge in [-0.2, -0.15) is 0 Å². The van der Waals surface area contributed by atoms with Gasteiger partial charge in [-0.25, -0.2) is 8.78 Å². The highest BCUT2D eigenvalue weighted by Gasteiger charge is 2.50. The zero-order valence-electron chi connectivity index (χ0n) is 24.9. The average molecular weight is 584 g/mol. The van der Waals surface area contributed by atoms with E-state index in [-0.39, 0.29) is 23.8 Å². The van der Waals surface area contributed by atoms with Crippen LogP contribution in [0.1, 0.15) is 63.8 Å². The molecule has 0 radical (unpaired) electrons. The fourth-order valence-electron chi connectivity index (χ4n) is 5.85. The minimum Gasteiger partial charge on any atom is -0.459 e.